The van der Waals surface area contributed by atoms with Gasteiger partial charge in [0.15, 0.2) is 6.29 Å². The Morgan fingerprint density at radius 3 is 2.42 bits per heavy atom. The van der Waals surface area contributed by atoms with E-state index in [0.29, 0.717) is 0 Å². The topological polar surface area (TPSA) is 128 Å². The molecule has 1 rings (SSSR count). The zero-order valence-corrected chi connectivity index (χ0v) is 10.4. The highest BCUT2D eigenvalue weighted by Gasteiger charge is 2.56. The van der Waals surface area contributed by atoms with Crippen LogP contribution in [0.15, 0.2) is 0 Å². The summed E-state index contributed by atoms with van der Waals surface area (Å²) in [6.45, 7) is 1.09. The van der Waals surface area contributed by atoms with E-state index in [4.69, 9.17) is 9.47 Å². The third kappa shape index (κ3) is 3.08. The summed E-state index contributed by atoms with van der Waals surface area (Å²) in [5.74, 6) is -2.24. The van der Waals surface area contributed by atoms with E-state index >= 15 is 0 Å². The number of carbonyl (C=O) groups is 1. The van der Waals surface area contributed by atoms with Gasteiger partial charge in [-0.2, -0.15) is 0 Å². The van der Waals surface area contributed by atoms with Gasteiger partial charge in [0.1, 0.15) is 36.9 Å². The van der Waals surface area contributed by atoms with Gasteiger partial charge in [0, 0.05) is 7.11 Å². The van der Waals surface area contributed by atoms with Crippen molar-refractivity contribution in [2.75, 3.05) is 7.11 Å². The first-order valence-electron chi connectivity index (χ1n) is 5.60. The summed E-state index contributed by atoms with van der Waals surface area (Å²) in [5, 5.41) is 40.6. The Morgan fingerprint density at radius 1 is 1.42 bits per heavy atom. The molecule has 0 saturated carbocycles. The molecule has 1 fully saturated rings. The van der Waals surface area contributed by atoms with Gasteiger partial charge in [-0.15, -0.1) is 0 Å². The molecule has 112 valence electrons. The predicted molar refractivity (Wildman–Crippen MR) is 58.4 cm³/mol. The number of alkyl halides is 1. The van der Waals surface area contributed by atoms with Gasteiger partial charge in [0.25, 0.3) is 5.79 Å². The number of hydrogen-bond acceptors (Lipinski definition) is 8. The van der Waals surface area contributed by atoms with Crippen LogP contribution in [0.3, 0.4) is 0 Å². The van der Waals surface area contributed by atoms with Crippen LogP contribution in [0.25, 0.3) is 0 Å². The maximum atomic E-state index is 12.7. The number of aldehydes is 1. The van der Waals surface area contributed by atoms with Crippen LogP contribution in [0.2, 0.25) is 0 Å². The van der Waals surface area contributed by atoms with Crippen molar-refractivity contribution in [3.05, 3.63) is 0 Å². The highest BCUT2D eigenvalue weighted by Crippen LogP contribution is 2.30. The quantitative estimate of drug-likeness (QED) is 0.208. The number of methoxy groups -OCH3 is 1. The number of carbonyl (C=O) groups excluding carboxylic acids is 1. The van der Waals surface area contributed by atoms with Crippen LogP contribution in [0.1, 0.15) is 6.92 Å². The molecule has 1 heterocycles. The minimum absolute atomic E-state index is 0.0887. The first-order chi connectivity index (χ1) is 8.79. The SMILES string of the molecule is CO[C@]1(C=O)O[C@H](C(O)NC(C)F)[C@@H](O)[C@H](O)[C@H]1O. The summed E-state index contributed by atoms with van der Waals surface area (Å²) in [6.07, 6.45) is -10.2. The Balaban J connectivity index is 2.96. The summed E-state index contributed by atoms with van der Waals surface area (Å²) in [5.41, 5.74) is 0. The summed E-state index contributed by atoms with van der Waals surface area (Å²) >= 11 is 0. The van der Waals surface area contributed by atoms with Gasteiger partial charge < -0.3 is 29.9 Å². The molecule has 0 aromatic rings. The fraction of sp³-hybridized carbons (Fsp3) is 0.900. The second-order valence-electron chi connectivity index (χ2n) is 4.28. The average molecular weight is 283 g/mol. The molecule has 7 atom stereocenters. The van der Waals surface area contributed by atoms with Crippen molar-refractivity contribution < 1.29 is 39.1 Å². The molecule has 0 aromatic heterocycles. The highest BCUT2D eigenvalue weighted by atomic mass is 19.1. The van der Waals surface area contributed by atoms with Crippen molar-refractivity contribution in [2.24, 2.45) is 0 Å². The van der Waals surface area contributed by atoms with Gasteiger partial charge in [0.2, 0.25) is 0 Å². The summed E-state index contributed by atoms with van der Waals surface area (Å²) in [4.78, 5) is 11.0. The van der Waals surface area contributed by atoms with Crippen LogP contribution in [0, 0.1) is 0 Å². The third-order valence-electron chi connectivity index (χ3n) is 2.94. The standard InChI is InChI=1S/C10H18FNO7/c1-4(11)12-9(17)7-5(14)6(15)8(16)10(3-13,18-2)19-7/h3-9,12,14-17H,1-2H3/t4?,5-,6-,7-,8+,9?,10+/m0/s1. The number of rotatable bonds is 5. The maximum absolute atomic E-state index is 12.7. The Morgan fingerprint density at radius 2 is 2.00 bits per heavy atom. The second-order valence-corrected chi connectivity index (χ2v) is 4.28. The van der Waals surface area contributed by atoms with Crippen LogP contribution in [-0.4, -0.2) is 76.5 Å². The first kappa shape index (κ1) is 16.4. The van der Waals surface area contributed by atoms with Gasteiger partial charge in [0.05, 0.1) is 0 Å². The van der Waals surface area contributed by atoms with Gasteiger partial charge in [-0.1, -0.05) is 0 Å². The van der Waals surface area contributed by atoms with Gasteiger partial charge >= 0.3 is 0 Å². The zero-order valence-electron chi connectivity index (χ0n) is 10.4. The Hall–Kier alpha value is -0.680. The molecule has 8 nitrogen and oxygen atoms in total. The van der Waals surface area contributed by atoms with Crippen molar-refractivity contribution in [2.45, 2.75) is 49.7 Å². The van der Waals surface area contributed by atoms with Crippen LogP contribution >= 0.6 is 0 Å². The molecule has 0 radical (unpaired) electrons. The smallest absolute Gasteiger partial charge is 0.255 e. The number of aliphatic hydroxyl groups excluding tert-OH is 4. The zero-order chi connectivity index (χ0) is 14.8. The lowest BCUT2D eigenvalue weighted by atomic mass is 9.92. The van der Waals surface area contributed by atoms with Crippen molar-refractivity contribution in [3.8, 4) is 0 Å². The molecule has 9 heteroatoms. The Bertz CT molecular complexity index is 318. The van der Waals surface area contributed by atoms with Crippen molar-refractivity contribution in [1.29, 1.82) is 0 Å². The van der Waals surface area contributed by atoms with Crippen molar-refractivity contribution in [1.82, 2.24) is 5.32 Å². The number of nitrogens with one attached hydrogen (secondary N) is 1. The van der Waals surface area contributed by atoms with E-state index in [0.717, 1.165) is 14.0 Å². The fourth-order valence-corrected chi connectivity index (χ4v) is 1.87. The molecular formula is C10H18FNO7. The van der Waals surface area contributed by atoms with E-state index in [1.54, 1.807) is 0 Å². The highest BCUT2D eigenvalue weighted by molar-refractivity contribution is 5.62. The number of ether oxygens (including phenoxy) is 2. The molecule has 1 aliphatic heterocycles. The van der Waals surface area contributed by atoms with Crippen LogP contribution in [0.5, 0.6) is 0 Å². The maximum Gasteiger partial charge on any atom is 0.255 e. The van der Waals surface area contributed by atoms with E-state index < -0.39 is 42.7 Å². The molecule has 0 aromatic carbocycles. The van der Waals surface area contributed by atoms with Gasteiger partial charge in [-0.3, -0.25) is 10.1 Å². The lowest BCUT2D eigenvalue weighted by Gasteiger charge is -2.46. The summed E-state index contributed by atoms with van der Waals surface area (Å²) in [6, 6.07) is 0. The normalized spacial score (nSPS) is 42.7. The molecule has 0 aliphatic carbocycles. The molecule has 1 saturated heterocycles. The van der Waals surface area contributed by atoms with E-state index in [1.807, 2.05) is 5.32 Å². The lowest BCUT2D eigenvalue weighted by molar-refractivity contribution is -0.343. The summed E-state index contributed by atoms with van der Waals surface area (Å²) in [7, 11) is 1.04. The number of halogens is 1. The number of aliphatic hydroxyl groups is 4. The molecule has 1 aliphatic rings. The fourth-order valence-electron chi connectivity index (χ4n) is 1.87. The third-order valence-corrected chi connectivity index (χ3v) is 2.94. The molecule has 2 unspecified atom stereocenters. The molecule has 0 bridgehead atoms. The van der Waals surface area contributed by atoms with E-state index in [9.17, 15) is 29.6 Å². The van der Waals surface area contributed by atoms with E-state index in [2.05, 4.69) is 0 Å². The van der Waals surface area contributed by atoms with Crippen LogP contribution in [0.4, 0.5) is 4.39 Å². The molecular weight excluding hydrogens is 265 g/mol. The second kappa shape index (κ2) is 6.18. The molecule has 5 N–H and O–H groups in total. The average Bonchev–Trinajstić information content (AvgIpc) is 2.36. The number of hydrogen-bond donors (Lipinski definition) is 5. The Labute approximate surface area is 108 Å². The largest absolute Gasteiger partial charge is 0.387 e. The minimum Gasteiger partial charge on any atom is -0.387 e. The van der Waals surface area contributed by atoms with E-state index in [-0.39, 0.29) is 6.29 Å². The van der Waals surface area contributed by atoms with Gasteiger partial charge in [-0.05, 0) is 6.92 Å². The molecule has 0 spiro atoms. The lowest BCUT2D eigenvalue weighted by Crippen LogP contribution is -2.69. The van der Waals surface area contributed by atoms with Crippen LogP contribution < -0.4 is 5.32 Å². The minimum atomic E-state index is -2.24. The Kier molecular flexibility index (Phi) is 5.33. The summed E-state index contributed by atoms with van der Waals surface area (Å²) < 4.78 is 22.4. The molecule has 19 heavy (non-hydrogen) atoms. The molecule has 0 amide bonds. The van der Waals surface area contributed by atoms with Gasteiger partial charge in [-0.25, -0.2) is 4.39 Å². The predicted octanol–water partition coefficient (Wildman–Crippen LogP) is -2.77. The van der Waals surface area contributed by atoms with Crippen molar-refractivity contribution in [3.63, 3.8) is 0 Å². The van der Waals surface area contributed by atoms with Crippen LogP contribution in [-0.2, 0) is 14.3 Å². The first-order valence-corrected chi connectivity index (χ1v) is 5.60. The monoisotopic (exact) mass is 283 g/mol. The van der Waals surface area contributed by atoms with E-state index in [1.165, 1.54) is 0 Å². The van der Waals surface area contributed by atoms with Crippen molar-refractivity contribution >= 4 is 6.29 Å².